The number of hydrogen-bond donors (Lipinski definition) is 2. The maximum Gasteiger partial charge on any atom is 0.150 e. The van der Waals surface area contributed by atoms with Gasteiger partial charge in [-0.3, -0.25) is 11.3 Å². The normalized spacial score (nSPS) is 24.5. The van der Waals surface area contributed by atoms with E-state index in [1.54, 1.807) is 0 Å². The predicted octanol–water partition coefficient (Wildman–Crippen LogP) is 0.821. The molecule has 2 aliphatic rings. The molecule has 2 atom stereocenters. The van der Waals surface area contributed by atoms with Gasteiger partial charge < -0.3 is 4.74 Å². The Morgan fingerprint density at radius 1 is 1.43 bits per heavy atom. The first-order valence-corrected chi connectivity index (χ1v) is 9.31. The lowest BCUT2D eigenvalue weighted by molar-refractivity contribution is 0.356. The molecule has 0 amide bonds. The fourth-order valence-corrected chi connectivity index (χ4v) is 5.19. The Hall–Kier alpha value is -1.11. The Morgan fingerprint density at radius 2 is 2.29 bits per heavy atom. The zero-order valence-corrected chi connectivity index (χ0v) is 12.9. The molecule has 116 valence electrons. The summed E-state index contributed by atoms with van der Waals surface area (Å²) in [5, 5.41) is 0. The number of sulfone groups is 1. The van der Waals surface area contributed by atoms with Crippen LogP contribution < -0.4 is 16.0 Å². The molecule has 6 heteroatoms. The molecule has 1 aromatic carbocycles. The van der Waals surface area contributed by atoms with E-state index in [-0.39, 0.29) is 17.7 Å². The second kappa shape index (κ2) is 5.94. The molecule has 2 heterocycles. The summed E-state index contributed by atoms with van der Waals surface area (Å²) in [6.45, 7) is 0.770. The van der Waals surface area contributed by atoms with Gasteiger partial charge in [-0.1, -0.05) is 12.1 Å². The van der Waals surface area contributed by atoms with Crippen molar-refractivity contribution < 1.29 is 13.2 Å². The molecule has 3 rings (SSSR count). The van der Waals surface area contributed by atoms with Crippen LogP contribution in [0.4, 0.5) is 0 Å². The van der Waals surface area contributed by atoms with E-state index in [9.17, 15) is 8.42 Å². The Labute approximate surface area is 125 Å². The summed E-state index contributed by atoms with van der Waals surface area (Å²) in [7, 11) is -2.85. The number of nitrogens with one attached hydrogen (secondary N) is 1. The highest BCUT2D eigenvalue weighted by atomic mass is 32.2. The van der Waals surface area contributed by atoms with Gasteiger partial charge >= 0.3 is 0 Å². The van der Waals surface area contributed by atoms with E-state index in [0.717, 1.165) is 38.0 Å². The topological polar surface area (TPSA) is 81.4 Å². The number of aryl methyl sites for hydroxylation is 1. The minimum Gasteiger partial charge on any atom is -0.493 e. The summed E-state index contributed by atoms with van der Waals surface area (Å²) >= 11 is 0. The highest BCUT2D eigenvalue weighted by Gasteiger charge is 2.33. The molecule has 0 radical (unpaired) electrons. The molecule has 3 N–H and O–H groups in total. The lowest BCUT2D eigenvalue weighted by Crippen LogP contribution is -2.41. The van der Waals surface area contributed by atoms with Gasteiger partial charge in [0.2, 0.25) is 0 Å². The van der Waals surface area contributed by atoms with Gasteiger partial charge in [0.05, 0.1) is 18.1 Å². The highest BCUT2D eigenvalue weighted by molar-refractivity contribution is 7.91. The van der Waals surface area contributed by atoms with Crippen molar-refractivity contribution in [1.29, 1.82) is 0 Å². The molecule has 0 bridgehead atoms. The first kappa shape index (κ1) is 14.8. The third kappa shape index (κ3) is 3.39. The van der Waals surface area contributed by atoms with Gasteiger partial charge in [0.1, 0.15) is 5.75 Å². The molecule has 0 aliphatic carbocycles. The number of ether oxygens (including phenoxy) is 1. The number of rotatable bonds is 5. The lowest BCUT2D eigenvalue weighted by atomic mass is 9.93. The summed E-state index contributed by atoms with van der Waals surface area (Å²) in [6.07, 6.45) is 3.45. The van der Waals surface area contributed by atoms with Crippen molar-refractivity contribution >= 4 is 9.84 Å². The molecule has 2 unspecified atom stereocenters. The van der Waals surface area contributed by atoms with Gasteiger partial charge in [0.15, 0.2) is 9.84 Å². The van der Waals surface area contributed by atoms with Gasteiger partial charge in [-0.25, -0.2) is 8.42 Å². The Morgan fingerprint density at radius 3 is 3.00 bits per heavy atom. The summed E-state index contributed by atoms with van der Waals surface area (Å²) in [6, 6.07) is 6.37. The van der Waals surface area contributed by atoms with Crippen molar-refractivity contribution in [3.8, 4) is 5.75 Å². The van der Waals surface area contributed by atoms with E-state index in [0.29, 0.717) is 5.75 Å². The van der Waals surface area contributed by atoms with E-state index in [1.807, 2.05) is 6.07 Å². The molecular weight excluding hydrogens is 288 g/mol. The third-order valence-electron chi connectivity index (χ3n) is 4.55. The van der Waals surface area contributed by atoms with Crippen LogP contribution in [0, 0.1) is 5.92 Å². The minimum atomic E-state index is -2.85. The number of nitrogens with two attached hydrogens (primary N) is 1. The fraction of sp³-hybridized carbons (Fsp3) is 0.600. The van der Waals surface area contributed by atoms with Gasteiger partial charge in [-0.2, -0.15) is 0 Å². The van der Waals surface area contributed by atoms with Gasteiger partial charge in [0.25, 0.3) is 0 Å². The third-order valence-corrected chi connectivity index (χ3v) is 6.34. The van der Waals surface area contributed by atoms with E-state index >= 15 is 0 Å². The maximum atomic E-state index is 11.6. The Kier molecular flexibility index (Phi) is 4.19. The first-order valence-electron chi connectivity index (χ1n) is 7.48. The average molecular weight is 310 g/mol. The van der Waals surface area contributed by atoms with Gasteiger partial charge in [-0.05, 0) is 42.4 Å². The summed E-state index contributed by atoms with van der Waals surface area (Å²) in [5.41, 5.74) is 5.35. The van der Waals surface area contributed by atoms with Crippen LogP contribution in [0.2, 0.25) is 0 Å². The summed E-state index contributed by atoms with van der Waals surface area (Å²) < 4.78 is 28.7. The van der Waals surface area contributed by atoms with Crippen molar-refractivity contribution in [3.05, 3.63) is 29.3 Å². The van der Waals surface area contributed by atoms with Crippen molar-refractivity contribution in [2.75, 3.05) is 18.1 Å². The average Bonchev–Trinajstić information content (AvgIpc) is 3.05. The lowest BCUT2D eigenvalue weighted by Gasteiger charge is -2.21. The van der Waals surface area contributed by atoms with Crippen LogP contribution in [-0.2, 0) is 22.7 Å². The monoisotopic (exact) mass is 310 g/mol. The maximum absolute atomic E-state index is 11.6. The van der Waals surface area contributed by atoms with Crippen molar-refractivity contribution in [3.63, 3.8) is 0 Å². The van der Waals surface area contributed by atoms with Crippen LogP contribution in [0.3, 0.4) is 0 Å². The van der Waals surface area contributed by atoms with E-state index in [4.69, 9.17) is 10.6 Å². The number of hydrazine groups is 1. The standard InChI is InChI=1S/C15H22N2O3S/c16-17-14(13-6-8-21(18,19)10-13)3-1-11-2-4-15-12(9-11)5-7-20-15/h2,4,9,13-14,17H,1,3,5-8,10,16H2. The SMILES string of the molecule is NNC(CCc1ccc2c(c1)CCO2)C1CCS(=O)(=O)C1. The van der Waals surface area contributed by atoms with E-state index in [2.05, 4.69) is 17.6 Å². The molecule has 21 heavy (non-hydrogen) atoms. The smallest absolute Gasteiger partial charge is 0.150 e. The van der Waals surface area contributed by atoms with Crippen LogP contribution in [-0.4, -0.2) is 32.6 Å². The number of fused-ring (bicyclic) bond motifs is 1. The molecule has 2 aliphatic heterocycles. The number of hydrogen-bond acceptors (Lipinski definition) is 5. The number of benzene rings is 1. The van der Waals surface area contributed by atoms with Crippen molar-refractivity contribution in [1.82, 2.24) is 5.43 Å². The van der Waals surface area contributed by atoms with Crippen LogP contribution in [0.5, 0.6) is 5.75 Å². The molecule has 0 spiro atoms. The van der Waals surface area contributed by atoms with Crippen LogP contribution in [0.15, 0.2) is 18.2 Å². The van der Waals surface area contributed by atoms with E-state index < -0.39 is 9.84 Å². The van der Waals surface area contributed by atoms with Crippen molar-refractivity contribution in [2.45, 2.75) is 31.7 Å². The minimum absolute atomic E-state index is 0.0618. The molecule has 0 aromatic heterocycles. The molecule has 5 nitrogen and oxygen atoms in total. The molecule has 1 aromatic rings. The zero-order valence-electron chi connectivity index (χ0n) is 12.0. The zero-order chi connectivity index (χ0) is 14.9. The molecule has 1 saturated heterocycles. The second-order valence-corrected chi connectivity index (χ2v) is 8.24. The molecule has 1 fully saturated rings. The van der Waals surface area contributed by atoms with Crippen LogP contribution in [0.25, 0.3) is 0 Å². The van der Waals surface area contributed by atoms with Gasteiger partial charge in [0, 0.05) is 12.5 Å². The van der Waals surface area contributed by atoms with Crippen molar-refractivity contribution in [2.24, 2.45) is 11.8 Å². The highest BCUT2D eigenvalue weighted by Crippen LogP contribution is 2.28. The second-order valence-electron chi connectivity index (χ2n) is 6.02. The predicted molar refractivity (Wildman–Crippen MR) is 81.8 cm³/mol. The van der Waals surface area contributed by atoms with E-state index in [1.165, 1.54) is 11.1 Å². The quantitative estimate of drug-likeness (QED) is 0.621. The molecule has 0 saturated carbocycles. The fourth-order valence-electron chi connectivity index (χ4n) is 3.31. The Balaban J connectivity index is 1.60. The summed E-state index contributed by atoms with van der Waals surface area (Å²) in [5.74, 6) is 7.32. The van der Waals surface area contributed by atoms with Crippen LogP contribution >= 0.6 is 0 Å². The van der Waals surface area contributed by atoms with Crippen LogP contribution in [0.1, 0.15) is 24.0 Å². The summed E-state index contributed by atoms with van der Waals surface area (Å²) in [4.78, 5) is 0. The van der Waals surface area contributed by atoms with Gasteiger partial charge in [-0.15, -0.1) is 0 Å². The largest absolute Gasteiger partial charge is 0.493 e. The molecular formula is C15H22N2O3S. The first-order chi connectivity index (χ1) is 10.1. The Bertz CT molecular complexity index is 615.